The normalized spacial score (nSPS) is 11.3. The zero-order valence-corrected chi connectivity index (χ0v) is 8.44. The Kier molecular flexibility index (Phi) is 3.38. The first kappa shape index (κ1) is 11.6. The van der Waals surface area contributed by atoms with Gasteiger partial charge >= 0.3 is 5.97 Å². The number of nitrogens with zero attached hydrogens (tertiary/aromatic N) is 1. The average Bonchev–Trinajstić information content (AvgIpc) is 2.18. The van der Waals surface area contributed by atoms with Gasteiger partial charge in [0.05, 0.1) is 17.9 Å². The number of pyridine rings is 1. The Hall–Kier alpha value is -1.47. The summed E-state index contributed by atoms with van der Waals surface area (Å²) in [6, 6.07) is 2.16. The summed E-state index contributed by atoms with van der Waals surface area (Å²) in [5, 5.41) is 16.8. The van der Waals surface area contributed by atoms with E-state index in [4.69, 9.17) is 10.2 Å². The van der Waals surface area contributed by atoms with Crippen LogP contribution in [0.3, 0.4) is 0 Å². The van der Waals surface area contributed by atoms with Crippen molar-refractivity contribution in [2.45, 2.75) is 5.03 Å². The van der Waals surface area contributed by atoms with Crippen molar-refractivity contribution in [1.29, 1.82) is 0 Å². The summed E-state index contributed by atoms with van der Waals surface area (Å²) in [4.78, 5) is 14.1. The minimum absolute atomic E-state index is 0.151. The Labute approximate surface area is 86.1 Å². The van der Waals surface area contributed by atoms with Crippen molar-refractivity contribution >= 4 is 15.8 Å². The molecule has 0 bridgehead atoms. The Bertz CT molecular complexity index is 468. The van der Waals surface area contributed by atoms with E-state index in [1.54, 1.807) is 0 Å². The Morgan fingerprint density at radius 1 is 1.47 bits per heavy atom. The summed E-state index contributed by atoms with van der Waals surface area (Å²) in [5.41, 5.74) is -0.151. The van der Waals surface area contributed by atoms with Gasteiger partial charge in [-0.3, -0.25) is 0 Å². The first-order chi connectivity index (χ1) is 6.97. The van der Waals surface area contributed by atoms with Crippen LogP contribution in [0.1, 0.15) is 10.4 Å². The quantitative estimate of drug-likeness (QED) is 0.727. The van der Waals surface area contributed by atoms with Gasteiger partial charge in [-0.15, -0.1) is 0 Å². The van der Waals surface area contributed by atoms with Crippen LogP contribution in [0, 0.1) is 0 Å². The molecule has 2 N–H and O–H groups in total. The molecule has 0 aromatic carbocycles. The van der Waals surface area contributed by atoms with E-state index in [2.05, 4.69) is 4.98 Å². The van der Waals surface area contributed by atoms with Gasteiger partial charge in [-0.2, -0.15) is 0 Å². The number of hydrogen-bond donors (Lipinski definition) is 2. The summed E-state index contributed by atoms with van der Waals surface area (Å²) in [6.45, 7) is -0.526. The highest BCUT2D eigenvalue weighted by Gasteiger charge is 2.16. The Balaban J connectivity index is 3.16. The maximum atomic E-state index is 11.4. The molecule has 0 aliphatic carbocycles. The molecule has 1 aromatic heterocycles. The fourth-order valence-electron chi connectivity index (χ4n) is 0.937. The molecule has 6 nitrogen and oxygen atoms in total. The number of aromatic carboxylic acids is 1. The standard InChI is InChI=1S/C8H9NO5S/c10-3-4-15(13,14)7-5-6(8(11)12)1-2-9-7/h1-2,5,10H,3-4H2,(H,11,12). The van der Waals surface area contributed by atoms with Crippen LogP contribution in [0.25, 0.3) is 0 Å². The molecule has 0 amide bonds. The lowest BCUT2D eigenvalue weighted by Gasteiger charge is -2.01. The van der Waals surface area contributed by atoms with Crippen LogP contribution in [-0.2, 0) is 9.84 Å². The maximum Gasteiger partial charge on any atom is 0.335 e. The Morgan fingerprint density at radius 3 is 2.67 bits per heavy atom. The molecule has 1 heterocycles. The highest BCUT2D eigenvalue weighted by Crippen LogP contribution is 2.09. The number of carbonyl (C=O) groups is 1. The van der Waals surface area contributed by atoms with Crippen LogP contribution in [0.2, 0.25) is 0 Å². The second kappa shape index (κ2) is 4.37. The van der Waals surface area contributed by atoms with E-state index in [1.165, 1.54) is 6.07 Å². The summed E-state index contributed by atoms with van der Waals surface area (Å²) >= 11 is 0. The number of aromatic nitrogens is 1. The predicted octanol–water partition coefficient (Wildman–Crippen LogP) is -0.454. The monoisotopic (exact) mass is 231 g/mol. The second-order valence-corrected chi connectivity index (χ2v) is 4.79. The number of rotatable bonds is 4. The third-order valence-electron chi connectivity index (χ3n) is 1.66. The predicted molar refractivity (Wildman–Crippen MR) is 50.3 cm³/mol. The van der Waals surface area contributed by atoms with Gasteiger partial charge in [0.15, 0.2) is 14.9 Å². The first-order valence-corrected chi connectivity index (χ1v) is 5.65. The van der Waals surface area contributed by atoms with Crippen LogP contribution in [0.15, 0.2) is 23.4 Å². The van der Waals surface area contributed by atoms with Gasteiger partial charge in [-0.25, -0.2) is 18.2 Å². The highest BCUT2D eigenvalue weighted by molar-refractivity contribution is 7.91. The second-order valence-electron chi connectivity index (χ2n) is 2.73. The topological polar surface area (TPSA) is 105 Å². The molecule has 7 heteroatoms. The molecule has 0 fully saturated rings. The van der Waals surface area contributed by atoms with Crippen LogP contribution in [0.4, 0.5) is 0 Å². The number of carboxylic acids is 1. The molecular weight excluding hydrogens is 222 g/mol. The molecule has 1 aromatic rings. The lowest BCUT2D eigenvalue weighted by atomic mass is 10.3. The lowest BCUT2D eigenvalue weighted by Crippen LogP contribution is -2.12. The van der Waals surface area contributed by atoms with Crippen LogP contribution >= 0.6 is 0 Å². The van der Waals surface area contributed by atoms with Crippen molar-refractivity contribution in [1.82, 2.24) is 4.98 Å². The molecule has 0 unspecified atom stereocenters. The average molecular weight is 231 g/mol. The number of sulfone groups is 1. The fourth-order valence-corrected chi connectivity index (χ4v) is 1.91. The van der Waals surface area contributed by atoms with Crippen LogP contribution in [0.5, 0.6) is 0 Å². The van der Waals surface area contributed by atoms with Crippen molar-refractivity contribution < 1.29 is 23.4 Å². The van der Waals surface area contributed by atoms with Gasteiger partial charge in [0.2, 0.25) is 0 Å². The van der Waals surface area contributed by atoms with Crippen molar-refractivity contribution in [3.05, 3.63) is 23.9 Å². The SMILES string of the molecule is O=C(O)c1ccnc(S(=O)(=O)CCO)c1. The van der Waals surface area contributed by atoms with Crippen molar-refractivity contribution in [2.24, 2.45) is 0 Å². The molecule has 0 atom stereocenters. The molecule has 0 aliphatic rings. The van der Waals surface area contributed by atoms with Crippen LogP contribution < -0.4 is 0 Å². The van der Waals surface area contributed by atoms with Gasteiger partial charge in [-0.1, -0.05) is 0 Å². The Morgan fingerprint density at radius 2 is 2.13 bits per heavy atom. The van der Waals surface area contributed by atoms with E-state index < -0.39 is 28.2 Å². The van der Waals surface area contributed by atoms with E-state index in [9.17, 15) is 13.2 Å². The van der Waals surface area contributed by atoms with Crippen molar-refractivity contribution in [2.75, 3.05) is 12.4 Å². The molecule has 1 rings (SSSR count). The van der Waals surface area contributed by atoms with Crippen molar-refractivity contribution in [3.8, 4) is 0 Å². The summed E-state index contributed by atoms with van der Waals surface area (Å²) in [7, 11) is -3.69. The van der Waals surface area contributed by atoms with E-state index in [0.29, 0.717) is 0 Å². The van der Waals surface area contributed by atoms with E-state index in [1.807, 2.05) is 0 Å². The van der Waals surface area contributed by atoms with E-state index in [-0.39, 0.29) is 10.6 Å². The summed E-state index contributed by atoms with van der Waals surface area (Å²) in [6.07, 6.45) is 1.10. The molecule has 0 spiro atoms. The molecule has 82 valence electrons. The summed E-state index contributed by atoms with van der Waals surface area (Å²) < 4.78 is 22.8. The largest absolute Gasteiger partial charge is 0.478 e. The van der Waals surface area contributed by atoms with Gasteiger partial charge in [0, 0.05) is 6.20 Å². The van der Waals surface area contributed by atoms with Gasteiger partial charge in [0.1, 0.15) is 0 Å². The molecule has 0 saturated carbocycles. The minimum atomic E-state index is -3.69. The van der Waals surface area contributed by atoms with E-state index in [0.717, 1.165) is 12.3 Å². The van der Waals surface area contributed by atoms with E-state index >= 15 is 0 Å². The minimum Gasteiger partial charge on any atom is -0.478 e. The molecule has 0 aliphatic heterocycles. The highest BCUT2D eigenvalue weighted by atomic mass is 32.2. The zero-order chi connectivity index (χ0) is 11.5. The van der Waals surface area contributed by atoms with Crippen LogP contribution in [-0.4, -0.2) is 41.9 Å². The third kappa shape index (κ3) is 2.74. The number of aliphatic hydroxyl groups excluding tert-OH is 1. The van der Waals surface area contributed by atoms with Gasteiger partial charge in [-0.05, 0) is 12.1 Å². The first-order valence-electron chi connectivity index (χ1n) is 4.00. The number of hydrogen-bond acceptors (Lipinski definition) is 5. The van der Waals surface area contributed by atoms with Gasteiger partial charge < -0.3 is 10.2 Å². The summed E-state index contributed by atoms with van der Waals surface area (Å²) in [5.74, 6) is -1.69. The third-order valence-corrected chi connectivity index (χ3v) is 3.24. The molecular formula is C8H9NO5S. The smallest absolute Gasteiger partial charge is 0.335 e. The fraction of sp³-hybridized carbons (Fsp3) is 0.250. The number of aliphatic hydroxyl groups is 1. The maximum absolute atomic E-state index is 11.4. The number of carboxylic acid groups (broad SMARTS) is 1. The lowest BCUT2D eigenvalue weighted by molar-refractivity contribution is 0.0696. The molecule has 0 saturated heterocycles. The molecule has 0 radical (unpaired) electrons. The van der Waals surface area contributed by atoms with Crippen molar-refractivity contribution in [3.63, 3.8) is 0 Å². The van der Waals surface area contributed by atoms with Gasteiger partial charge in [0.25, 0.3) is 0 Å². The zero-order valence-electron chi connectivity index (χ0n) is 7.62. The molecule has 15 heavy (non-hydrogen) atoms.